The molecule has 1 aromatic carbocycles. The molecule has 0 N–H and O–H groups in total. The third-order valence-electron chi connectivity index (χ3n) is 3.85. The highest BCUT2D eigenvalue weighted by Crippen LogP contribution is 2.43. The predicted molar refractivity (Wildman–Crippen MR) is 81.8 cm³/mol. The SMILES string of the molecule is CC1C(c2ccc(OC(F)F)cc2)N=NC1c1ccc(Cl)nc1. The summed E-state index contributed by atoms with van der Waals surface area (Å²) < 4.78 is 28.7. The quantitative estimate of drug-likeness (QED) is 0.718. The molecule has 1 aliphatic rings. The van der Waals surface area contributed by atoms with E-state index in [1.807, 2.05) is 13.0 Å². The Morgan fingerprint density at radius 3 is 2.17 bits per heavy atom. The molecule has 0 spiro atoms. The van der Waals surface area contributed by atoms with Gasteiger partial charge in [0.25, 0.3) is 0 Å². The van der Waals surface area contributed by atoms with Crippen molar-refractivity contribution >= 4 is 11.6 Å². The van der Waals surface area contributed by atoms with Crippen LogP contribution in [0, 0.1) is 5.92 Å². The van der Waals surface area contributed by atoms with E-state index in [4.69, 9.17) is 11.6 Å². The van der Waals surface area contributed by atoms with Gasteiger partial charge < -0.3 is 4.74 Å². The Hall–Kier alpha value is -2.08. The molecule has 2 aromatic rings. The lowest BCUT2D eigenvalue weighted by Crippen LogP contribution is -2.10. The lowest BCUT2D eigenvalue weighted by molar-refractivity contribution is -0.0498. The minimum atomic E-state index is -2.83. The van der Waals surface area contributed by atoms with Crippen LogP contribution in [0.3, 0.4) is 0 Å². The maximum Gasteiger partial charge on any atom is 0.387 e. The van der Waals surface area contributed by atoms with Crippen molar-refractivity contribution in [3.05, 3.63) is 58.9 Å². The van der Waals surface area contributed by atoms with Crippen molar-refractivity contribution in [2.24, 2.45) is 16.1 Å². The van der Waals surface area contributed by atoms with Gasteiger partial charge in [-0.25, -0.2) is 4.98 Å². The van der Waals surface area contributed by atoms with Crippen LogP contribution < -0.4 is 4.74 Å². The van der Waals surface area contributed by atoms with Gasteiger partial charge in [0.1, 0.15) is 23.0 Å². The van der Waals surface area contributed by atoms with E-state index in [2.05, 4.69) is 19.9 Å². The first kappa shape index (κ1) is 15.8. The molecule has 120 valence electrons. The summed E-state index contributed by atoms with van der Waals surface area (Å²) in [6, 6.07) is 9.89. The number of alkyl halides is 2. The van der Waals surface area contributed by atoms with Crippen LogP contribution in [0.15, 0.2) is 52.8 Å². The minimum absolute atomic E-state index is 0.0956. The summed E-state index contributed by atoms with van der Waals surface area (Å²) in [5.74, 6) is 0.254. The van der Waals surface area contributed by atoms with Crippen molar-refractivity contribution in [3.8, 4) is 5.75 Å². The van der Waals surface area contributed by atoms with E-state index in [0.29, 0.717) is 5.15 Å². The van der Waals surface area contributed by atoms with Gasteiger partial charge in [0.05, 0.1) is 0 Å². The number of hydrogen-bond acceptors (Lipinski definition) is 4. The van der Waals surface area contributed by atoms with Crippen LogP contribution in [0.5, 0.6) is 5.75 Å². The van der Waals surface area contributed by atoms with E-state index in [0.717, 1.165) is 11.1 Å². The fourth-order valence-corrected chi connectivity index (χ4v) is 2.79. The summed E-state index contributed by atoms with van der Waals surface area (Å²) in [5, 5.41) is 9.10. The molecule has 0 saturated carbocycles. The maximum absolute atomic E-state index is 12.2. The van der Waals surface area contributed by atoms with Crippen LogP contribution in [0.4, 0.5) is 8.78 Å². The molecule has 3 unspecified atom stereocenters. The van der Waals surface area contributed by atoms with Gasteiger partial charge in [0.15, 0.2) is 0 Å². The van der Waals surface area contributed by atoms with E-state index in [1.54, 1.807) is 24.4 Å². The van der Waals surface area contributed by atoms with Crippen molar-refractivity contribution < 1.29 is 13.5 Å². The van der Waals surface area contributed by atoms with Crippen LogP contribution in [-0.2, 0) is 0 Å². The average Bonchev–Trinajstić information content (AvgIpc) is 2.90. The third kappa shape index (κ3) is 3.47. The van der Waals surface area contributed by atoms with Crippen molar-refractivity contribution in [2.75, 3.05) is 0 Å². The molecule has 3 atom stereocenters. The standard InChI is InChI=1S/C16H14ClF2N3O/c1-9-14(10-2-5-12(6-3-10)23-16(18)19)21-22-15(9)11-4-7-13(17)20-8-11/h2-9,14-16H,1H3. The van der Waals surface area contributed by atoms with Gasteiger partial charge >= 0.3 is 6.61 Å². The monoisotopic (exact) mass is 337 g/mol. The summed E-state index contributed by atoms with van der Waals surface area (Å²) in [6.07, 6.45) is 1.70. The number of benzene rings is 1. The second kappa shape index (κ2) is 6.58. The molecule has 7 heteroatoms. The summed E-state index contributed by atoms with van der Waals surface area (Å²) in [4.78, 5) is 4.07. The molecule has 0 radical (unpaired) electrons. The third-order valence-corrected chi connectivity index (χ3v) is 4.07. The van der Waals surface area contributed by atoms with Gasteiger partial charge in [-0.2, -0.15) is 19.0 Å². The molecule has 0 bridgehead atoms. The van der Waals surface area contributed by atoms with Crippen LogP contribution in [0.2, 0.25) is 5.15 Å². The highest BCUT2D eigenvalue weighted by Gasteiger charge is 2.33. The van der Waals surface area contributed by atoms with Gasteiger partial charge in [-0.05, 0) is 29.3 Å². The molecule has 3 rings (SSSR count). The Bertz CT molecular complexity index is 691. The fourth-order valence-electron chi connectivity index (χ4n) is 2.68. The van der Waals surface area contributed by atoms with Crippen molar-refractivity contribution in [3.63, 3.8) is 0 Å². The first-order chi connectivity index (χ1) is 11.0. The largest absolute Gasteiger partial charge is 0.435 e. The zero-order chi connectivity index (χ0) is 16.4. The zero-order valence-corrected chi connectivity index (χ0v) is 13.0. The minimum Gasteiger partial charge on any atom is -0.435 e. The summed E-state index contributed by atoms with van der Waals surface area (Å²) in [6.45, 7) is -0.777. The first-order valence-electron chi connectivity index (χ1n) is 7.11. The second-order valence-corrected chi connectivity index (χ2v) is 5.73. The lowest BCUT2D eigenvalue weighted by atomic mass is 9.88. The van der Waals surface area contributed by atoms with Crippen LogP contribution in [-0.4, -0.2) is 11.6 Å². The summed E-state index contributed by atoms with van der Waals surface area (Å²) >= 11 is 5.80. The van der Waals surface area contributed by atoms with Crippen molar-refractivity contribution in [1.82, 2.24) is 4.98 Å². The number of hydrogen-bond donors (Lipinski definition) is 0. The highest BCUT2D eigenvalue weighted by molar-refractivity contribution is 6.29. The number of rotatable bonds is 4. The van der Waals surface area contributed by atoms with Crippen LogP contribution in [0.1, 0.15) is 30.1 Å². The molecule has 23 heavy (non-hydrogen) atoms. The van der Waals surface area contributed by atoms with Gasteiger partial charge in [-0.15, -0.1) is 0 Å². The number of aromatic nitrogens is 1. The molecular formula is C16H14ClF2N3O. The van der Waals surface area contributed by atoms with E-state index in [1.165, 1.54) is 12.1 Å². The molecular weight excluding hydrogens is 324 g/mol. The Labute approximate surface area is 137 Å². The summed E-state index contributed by atoms with van der Waals surface area (Å²) in [7, 11) is 0. The molecule has 2 heterocycles. The molecule has 0 amide bonds. The highest BCUT2D eigenvalue weighted by atomic mass is 35.5. The second-order valence-electron chi connectivity index (χ2n) is 5.34. The Morgan fingerprint density at radius 1 is 1.00 bits per heavy atom. The van der Waals surface area contributed by atoms with E-state index in [-0.39, 0.29) is 23.8 Å². The molecule has 0 saturated heterocycles. The average molecular weight is 338 g/mol. The van der Waals surface area contributed by atoms with Gasteiger partial charge in [-0.3, -0.25) is 0 Å². The number of azo groups is 1. The van der Waals surface area contributed by atoms with Crippen molar-refractivity contribution in [2.45, 2.75) is 25.6 Å². The number of halogens is 3. The Kier molecular flexibility index (Phi) is 4.52. The number of pyridine rings is 1. The van der Waals surface area contributed by atoms with Crippen molar-refractivity contribution in [1.29, 1.82) is 0 Å². The summed E-state index contributed by atoms with van der Waals surface area (Å²) in [5.41, 5.74) is 1.86. The topological polar surface area (TPSA) is 46.8 Å². The Balaban J connectivity index is 1.75. The smallest absolute Gasteiger partial charge is 0.387 e. The van der Waals surface area contributed by atoms with Crippen LogP contribution >= 0.6 is 11.6 Å². The molecule has 1 aliphatic heterocycles. The molecule has 0 fully saturated rings. The van der Waals surface area contributed by atoms with Crippen LogP contribution in [0.25, 0.3) is 0 Å². The predicted octanol–water partition coefficient (Wildman–Crippen LogP) is 5.22. The van der Waals surface area contributed by atoms with Gasteiger partial charge in [-0.1, -0.05) is 36.7 Å². The number of ether oxygens (including phenoxy) is 1. The fraction of sp³-hybridized carbons (Fsp3) is 0.312. The lowest BCUT2D eigenvalue weighted by Gasteiger charge is -2.18. The normalized spacial score (nSPS) is 23.4. The molecule has 4 nitrogen and oxygen atoms in total. The van der Waals surface area contributed by atoms with E-state index in [9.17, 15) is 8.78 Å². The first-order valence-corrected chi connectivity index (χ1v) is 7.48. The Morgan fingerprint density at radius 2 is 1.61 bits per heavy atom. The number of nitrogens with zero attached hydrogens (tertiary/aromatic N) is 3. The van der Waals surface area contributed by atoms with E-state index < -0.39 is 6.61 Å². The molecule has 0 aliphatic carbocycles. The van der Waals surface area contributed by atoms with E-state index >= 15 is 0 Å². The van der Waals surface area contributed by atoms with Gasteiger partial charge in [0.2, 0.25) is 0 Å². The van der Waals surface area contributed by atoms with Gasteiger partial charge in [0, 0.05) is 12.1 Å². The molecule has 1 aromatic heterocycles. The maximum atomic E-state index is 12.2. The zero-order valence-electron chi connectivity index (χ0n) is 12.2.